The first-order valence-electron chi connectivity index (χ1n) is 6.37. The third kappa shape index (κ3) is 1.91. The number of hydrogen-bond donors (Lipinski definition) is 0. The standard InChI is InChI=1S/C15H16OS/c16-10-13-12-8-4-5-9-14(12)17-15(13)11-6-2-1-3-7-11/h4-5,8-11H,1-3,6-7H2. The number of carbonyl (C=O) groups excluding carboxylic acids is 1. The number of aldehydes is 1. The summed E-state index contributed by atoms with van der Waals surface area (Å²) in [7, 11) is 0. The SMILES string of the molecule is O=Cc1c(C2CCCCC2)sc2ccccc12. The average molecular weight is 244 g/mol. The van der Waals surface area contributed by atoms with Crippen molar-refractivity contribution in [3.63, 3.8) is 0 Å². The number of rotatable bonds is 2. The minimum atomic E-state index is 0.626. The van der Waals surface area contributed by atoms with Crippen molar-refractivity contribution in [3.8, 4) is 0 Å². The Labute approximate surface area is 105 Å². The number of carbonyl (C=O) groups is 1. The molecule has 0 N–H and O–H groups in total. The van der Waals surface area contributed by atoms with Crippen LogP contribution in [0.25, 0.3) is 10.1 Å². The van der Waals surface area contributed by atoms with Crippen molar-refractivity contribution >= 4 is 27.7 Å². The molecule has 3 rings (SSSR count). The summed E-state index contributed by atoms with van der Waals surface area (Å²) in [6, 6.07) is 8.27. The van der Waals surface area contributed by atoms with Crippen molar-refractivity contribution < 1.29 is 4.79 Å². The Morgan fingerprint density at radius 2 is 1.88 bits per heavy atom. The highest BCUT2D eigenvalue weighted by Crippen LogP contribution is 2.41. The van der Waals surface area contributed by atoms with Crippen LogP contribution in [-0.2, 0) is 0 Å². The lowest BCUT2D eigenvalue weighted by atomic mass is 9.86. The van der Waals surface area contributed by atoms with E-state index in [1.807, 2.05) is 17.4 Å². The largest absolute Gasteiger partial charge is 0.298 e. The van der Waals surface area contributed by atoms with Gasteiger partial charge in [-0.1, -0.05) is 37.5 Å². The maximum Gasteiger partial charge on any atom is 0.151 e. The topological polar surface area (TPSA) is 17.1 Å². The van der Waals surface area contributed by atoms with Gasteiger partial charge >= 0.3 is 0 Å². The highest BCUT2D eigenvalue weighted by Gasteiger charge is 2.21. The monoisotopic (exact) mass is 244 g/mol. The minimum absolute atomic E-state index is 0.626. The van der Waals surface area contributed by atoms with E-state index in [0.29, 0.717) is 5.92 Å². The summed E-state index contributed by atoms with van der Waals surface area (Å²) in [4.78, 5) is 12.7. The summed E-state index contributed by atoms with van der Waals surface area (Å²) in [5.74, 6) is 0.626. The third-order valence-corrected chi connectivity index (χ3v) is 5.11. The summed E-state index contributed by atoms with van der Waals surface area (Å²) in [5.41, 5.74) is 0.956. The maximum absolute atomic E-state index is 11.4. The predicted octanol–water partition coefficient (Wildman–Crippen LogP) is 4.76. The Bertz CT molecular complexity index is 535. The van der Waals surface area contributed by atoms with E-state index >= 15 is 0 Å². The molecule has 1 fully saturated rings. The fourth-order valence-electron chi connectivity index (χ4n) is 2.87. The van der Waals surface area contributed by atoms with Crippen molar-refractivity contribution in [1.82, 2.24) is 0 Å². The fraction of sp³-hybridized carbons (Fsp3) is 0.400. The Hall–Kier alpha value is -1.15. The molecule has 0 spiro atoms. The van der Waals surface area contributed by atoms with E-state index in [4.69, 9.17) is 0 Å². The molecule has 0 amide bonds. The second-order valence-corrected chi connectivity index (χ2v) is 5.91. The summed E-state index contributed by atoms with van der Waals surface area (Å²) < 4.78 is 1.26. The van der Waals surface area contributed by atoms with Gasteiger partial charge in [0.1, 0.15) is 0 Å². The number of hydrogen-bond acceptors (Lipinski definition) is 2. The van der Waals surface area contributed by atoms with Gasteiger partial charge in [-0.2, -0.15) is 0 Å². The Kier molecular flexibility index (Phi) is 2.98. The van der Waals surface area contributed by atoms with Crippen LogP contribution in [0.2, 0.25) is 0 Å². The van der Waals surface area contributed by atoms with Crippen LogP contribution in [-0.4, -0.2) is 6.29 Å². The van der Waals surface area contributed by atoms with Gasteiger partial charge in [0.2, 0.25) is 0 Å². The van der Waals surface area contributed by atoms with E-state index in [9.17, 15) is 4.79 Å². The first-order chi connectivity index (χ1) is 8.40. The van der Waals surface area contributed by atoms with Gasteiger partial charge in [-0.05, 0) is 24.8 Å². The lowest BCUT2D eigenvalue weighted by Gasteiger charge is -2.20. The summed E-state index contributed by atoms with van der Waals surface area (Å²) in [5, 5.41) is 1.15. The summed E-state index contributed by atoms with van der Waals surface area (Å²) >= 11 is 1.82. The van der Waals surface area contributed by atoms with Gasteiger partial charge in [0.25, 0.3) is 0 Å². The zero-order valence-electron chi connectivity index (χ0n) is 9.82. The van der Waals surface area contributed by atoms with Gasteiger partial charge in [0.15, 0.2) is 6.29 Å². The van der Waals surface area contributed by atoms with Crippen molar-refractivity contribution in [2.24, 2.45) is 0 Å². The zero-order chi connectivity index (χ0) is 11.7. The Balaban J connectivity index is 2.11. The molecule has 0 bridgehead atoms. The first-order valence-corrected chi connectivity index (χ1v) is 7.18. The molecule has 2 aromatic rings. The average Bonchev–Trinajstić information content (AvgIpc) is 2.78. The molecule has 88 valence electrons. The van der Waals surface area contributed by atoms with Crippen molar-refractivity contribution in [3.05, 3.63) is 34.7 Å². The smallest absolute Gasteiger partial charge is 0.151 e. The molecule has 0 aliphatic heterocycles. The second-order valence-electron chi connectivity index (χ2n) is 4.83. The molecule has 1 aromatic heterocycles. The maximum atomic E-state index is 11.4. The molecular formula is C15H16OS. The molecule has 1 aliphatic carbocycles. The highest BCUT2D eigenvalue weighted by atomic mass is 32.1. The van der Waals surface area contributed by atoms with Crippen molar-refractivity contribution in [1.29, 1.82) is 0 Å². The number of benzene rings is 1. The van der Waals surface area contributed by atoms with Crippen LogP contribution >= 0.6 is 11.3 Å². The quantitative estimate of drug-likeness (QED) is 0.696. The molecule has 17 heavy (non-hydrogen) atoms. The van der Waals surface area contributed by atoms with Crippen LogP contribution in [0.15, 0.2) is 24.3 Å². The lowest BCUT2D eigenvalue weighted by molar-refractivity contribution is 0.112. The van der Waals surface area contributed by atoms with Crippen molar-refractivity contribution in [2.75, 3.05) is 0 Å². The minimum Gasteiger partial charge on any atom is -0.298 e. The van der Waals surface area contributed by atoms with Crippen molar-refractivity contribution in [2.45, 2.75) is 38.0 Å². The molecule has 0 atom stereocenters. The van der Waals surface area contributed by atoms with E-state index < -0.39 is 0 Å². The molecule has 1 heterocycles. The van der Waals surface area contributed by atoms with Crippen LogP contribution in [0.3, 0.4) is 0 Å². The van der Waals surface area contributed by atoms with Crippen LogP contribution in [0.1, 0.15) is 53.3 Å². The zero-order valence-corrected chi connectivity index (χ0v) is 10.6. The van der Waals surface area contributed by atoms with E-state index in [0.717, 1.165) is 17.2 Å². The van der Waals surface area contributed by atoms with E-state index in [1.165, 1.54) is 41.7 Å². The Morgan fingerprint density at radius 3 is 2.65 bits per heavy atom. The summed E-state index contributed by atoms with van der Waals surface area (Å²) in [6.07, 6.45) is 7.57. The highest BCUT2D eigenvalue weighted by molar-refractivity contribution is 7.19. The fourth-order valence-corrected chi connectivity index (χ4v) is 4.22. The second kappa shape index (κ2) is 4.61. The predicted molar refractivity (Wildman–Crippen MR) is 73.0 cm³/mol. The van der Waals surface area contributed by atoms with Gasteiger partial charge in [0, 0.05) is 20.5 Å². The number of fused-ring (bicyclic) bond motifs is 1. The molecule has 0 unspecified atom stereocenters. The molecule has 1 nitrogen and oxygen atoms in total. The molecule has 1 saturated carbocycles. The van der Waals surface area contributed by atoms with Crippen LogP contribution in [0.4, 0.5) is 0 Å². The van der Waals surface area contributed by atoms with Crippen LogP contribution in [0.5, 0.6) is 0 Å². The van der Waals surface area contributed by atoms with Gasteiger partial charge in [-0.3, -0.25) is 4.79 Å². The molecule has 0 saturated heterocycles. The van der Waals surface area contributed by atoms with Gasteiger partial charge in [-0.15, -0.1) is 11.3 Å². The summed E-state index contributed by atoms with van der Waals surface area (Å²) in [6.45, 7) is 0. The molecule has 1 aliphatic rings. The Morgan fingerprint density at radius 1 is 1.12 bits per heavy atom. The lowest BCUT2D eigenvalue weighted by Crippen LogP contribution is -2.04. The third-order valence-electron chi connectivity index (χ3n) is 3.76. The van der Waals surface area contributed by atoms with Crippen LogP contribution < -0.4 is 0 Å². The molecule has 2 heteroatoms. The number of thiophene rings is 1. The van der Waals surface area contributed by atoms with E-state index in [-0.39, 0.29) is 0 Å². The first kappa shape index (κ1) is 11.0. The molecular weight excluding hydrogens is 228 g/mol. The van der Waals surface area contributed by atoms with Crippen LogP contribution in [0, 0.1) is 0 Å². The van der Waals surface area contributed by atoms with Gasteiger partial charge < -0.3 is 0 Å². The van der Waals surface area contributed by atoms with E-state index in [2.05, 4.69) is 18.2 Å². The normalized spacial score (nSPS) is 17.4. The molecule has 0 radical (unpaired) electrons. The molecule has 1 aromatic carbocycles. The van der Waals surface area contributed by atoms with Gasteiger partial charge in [-0.25, -0.2) is 0 Å². The van der Waals surface area contributed by atoms with Gasteiger partial charge in [0.05, 0.1) is 0 Å². The van der Waals surface area contributed by atoms with E-state index in [1.54, 1.807) is 0 Å².